The van der Waals surface area contributed by atoms with Crippen LogP contribution < -0.4 is 5.32 Å². The lowest BCUT2D eigenvalue weighted by Gasteiger charge is -2.11. The van der Waals surface area contributed by atoms with Crippen molar-refractivity contribution in [3.8, 4) is 11.3 Å². The van der Waals surface area contributed by atoms with Crippen molar-refractivity contribution in [3.63, 3.8) is 0 Å². The molecule has 0 amide bonds. The number of fused-ring (bicyclic) bond motifs is 1. The molecule has 0 spiro atoms. The van der Waals surface area contributed by atoms with Crippen LogP contribution in [0.1, 0.15) is 46.2 Å². The van der Waals surface area contributed by atoms with Crippen molar-refractivity contribution in [2.75, 3.05) is 32.7 Å². The van der Waals surface area contributed by atoms with Crippen molar-refractivity contribution >= 4 is 23.6 Å². The number of benzene rings is 1. The predicted octanol–water partition coefficient (Wildman–Crippen LogP) is 3.04. The van der Waals surface area contributed by atoms with E-state index in [1.54, 1.807) is 6.92 Å². The smallest absolute Gasteiger partial charge is 0.340 e. The minimum atomic E-state index is -0.563. The molecule has 2 aromatic rings. The second-order valence-electron chi connectivity index (χ2n) is 6.86. The number of anilines is 1. The highest BCUT2D eigenvalue weighted by Crippen LogP contribution is 2.37. The molecule has 160 valence electrons. The summed E-state index contributed by atoms with van der Waals surface area (Å²) in [5.74, 6) is -1.33. The van der Waals surface area contributed by atoms with Crippen LogP contribution in [0.2, 0.25) is 0 Å². The van der Waals surface area contributed by atoms with Crippen molar-refractivity contribution in [2.24, 2.45) is 0 Å². The van der Waals surface area contributed by atoms with Gasteiger partial charge >= 0.3 is 17.9 Å². The molecule has 2 heterocycles. The fourth-order valence-corrected chi connectivity index (χ4v) is 3.71. The molecule has 0 bridgehead atoms. The van der Waals surface area contributed by atoms with Gasteiger partial charge in [0.1, 0.15) is 12.2 Å². The summed E-state index contributed by atoms with van der Waals surface area (Å²) >= 11 is 0. The standard InChI is InChI=1S/C22H26N2O6/c1-4-17(25)30-13-11-23-15-9-7-14(8-10-15)20-19(22(27)29-3)18(21(26)28-2)16-6-5-12-24(16)20/h7-10,23H,4-6,11-13H2,1-3H3. The van der Waals surface area contributed by atoms with Crippen molar-refractivity contribution in [1.29, 1.82) is 0 Å². The number of carbonyl (C=O) groups excluding carboxylic acids is 3. The maximum atomic E-state index is 12.6. The van der Waals surface area contributed by atoms with Gasteiger partial charge in [0.2, 0.25) is 0 Å². The molecular weight excluding hydrogens is 388 g/mol. The van der Waals surface area contributed by atoms with Gasteiger partial charge < -0.3 is 24.1 Å². The van der Waals surface area contributed by atoms with Crippen LogP contribution in [0.4, 0.5) is 5.69 Å². The minimum Gasteiger partial charge on any atom is -0.465 e. The first-order valence-corrected chi connectivity index (χ1v) is 9.93. The van der Waals surface area contributed by atoms with E-state index in [1.165, 1.54) is 14.2 Å². The van der Waals surface area contributed by atoms with Gasteiger partial charge in [0.05, 0.1) is 25.5 Å². The fourth-order valence-electron chi connectivity index (χ4n) is 3.71. The molecule has 8 nitrogen and oxygen atoms in total. The Labute approximate surface area is 175 Å². The number of ether oxygens (including phenoxy) is 3. The lowest BCUT2D eigenvalue weighted by Crippen LogP contribution is -2.13. The summed E-state index contributed by atoms with van der Waals surface area (Å²) in [4.78, 5) is 36.2. The normalized spacial score (nSPS) is 12.2. The highest BCUT2D eigenvalue weighted by Gasteiger charge is 2.34. The third kappa shape index (κ3) is 4.17. The molecule has 8 heteroatoms. The Bertz CT molecular complexity index is 946. The maximum absolute atomic E-state index is 12.6. The lowest BCUT2D eigenvalue weighted by molar-refractivity contribution is -0.142. The Kier molecular flexibility index (Phi) is 6.76. The topological polar surface area (TPSA) is 95.9 Å². The number of hydrogen-bond donors (Lipinski definition) is 1. The van der Waals surface area contributed by atoms with E-state index in [1.807, 2.05) is 28.8 Å². The molecule has 1 aromatic carbocycles. The number of methoxy groups -OCH3 is 2. The maximum Gasteiger partial charge on any atom is 0.340 e. The number of carbonyl (C=O) groups is 3. The summed E-state index contributed by atoms with van der Waals surface area (Å²) < 4.78 is 17.0. The summed E-state index contributed by atoms with van der Waals surface area (Å²) in [5.41, 5.74) is 3.65. The Morgan fingerprint density at radius 1 is 1.03 bits per heavy atom. The molecule has 0 fully saturated rings. The third-order valence-electron chi connectivity index (χ3n) is 5.09. The largest absolute Gasteiger partial charge is 0.465 e. The van der Waals surface area contributed by atoms with Gasteiger partial charge in [-0.3, -0.25) is 4.79 Å². The number of nitrogens with zero attached hydrogens (tertiary/aromatic N) is 1. The van der Waals surface area contributed by atoms with Gasteiger partial charge in [-0.05, 0) is 30.5 Å². The molecule has 30 heavy (non-hydrogen) atoms. The van der Waals surface area contributed by atoms with E-state index in [0.29, 0.717) is 31.6 Å². The van der Waals surface area contributed by atoms with Crippen LogP contribution in [0.3, 0.4) is 0 Å². The van der Waals surface area contributed by atoms with Crippen molar-refractivity contribution in [2.45, 2.75) is 32.7 Å². The molecule has 0 saturated carbocycles. The summed E-state index contributed by atoms with van der Waals surface area (Å²) in [6, 6.07) is 7.53. The van der Waals surface area contributed by atoms with E-state index in [4.69, 9.17) is 14.2 Å². The van der Waals surface area contributed by atoms with Gasteiger partial charge in [-0.1, -0.05) is 19.1 Å². The SMILES string of the molecule is CCC(=O)OCCNc1ccc(-c2c(C(=O)OC)c(C(=O)OC)c3n2CCC3)cc1. The number of hydrogen-bond acceptors (Lipinski definition) is 7. The first kappa shape index (κ1) is 21.4. The van der Waals surface area contributed by atoms with Gasteiger partial charge in [-0.2, -0.15) is 0 Å². The molecule has 0 atom stereocenters. The van der Waals surface area contributed by atoms with Crippen molar-refractivity contribution in [3.05, 3.63) is 41.1 Å². The number of aromatic nitrogens is 1. The zero-order valence-electron chi connectivity index (χ0n) is 17.4. The Morgan fingerprint density at radius 2 is 1.70 bits per heavy atom. The molecule has 1 aromatic heterocycles. The number of nitrogens with one attached hydrogen (secondary N) is 1. The third-order valence-corrected chi connectivity index (χ3v) is 5.09. The lowest BCUT2D eigenvalue weighted by atomic mass is 10.0. The summed E-state index contributed by atoms with van der Waals surface area (Å²) in [6.45, 7) is 3.25. The zero-order chi connectivity index (χ0) is 21.7. The molecule has 1 N–H and O–H groups in total. The first-order chi connectivity index (χ1) is 14.5. The second-order valence-corrected chi connectivity index (χ2v) is 6.86. The molecular formula is C22H26N2O6. The van der Waals surface area contributed by atoms with Gasteiger partial charge in [-0.25, -0.2) is 9.59 Å². The van der Waals surface area contributed by atoms with E-state index in [2.05, 4.69) is 5.32 Å². The van der Waals surface area contributed by atoms with Crippen LogP contribution in [0, 0.1) is 0 Å². The van der Waals surface area contributed by atoms with Crippen LogP contribution in [-0.4, -0.2) is 49.8 Å². The molecule has 0 saturated heterocycles. The second kappa shape index (κ2) is 9.47. The van der Waals surface area contributed by atoms with E-state index < -0.39 is 11.9 Å². The van der Waals surface area contributed by atoms with Gasteiger partial charge in [-0.15, -0.1) is 0 Å². The quantitative estimate of drug-likeness (QED) is 0.403. The van der Waals surface area contributed by atoms with Gasteiger partial charge in [0, 0.05) is 30.9 Å². The molecule has 0 aliphatic carbocycles. The van der Waals surface area contributed by atoms with Crippen LogP contribution >= 0.6 is 0 Å². The first-order valence-electron chi connectivity index (χ1n) is 9.93. The van der Waals surface area contributed by atoms with E-state index in [0.717, 1.165) is 23.4 Å². The highest BCUT2D eigenvalue weighted by molar-refractivity contribution is 6.09. The average Bonchev–Trinajstić information content (AvgIpc) is 3.36. The van der Waals surface area contributed by atoms with Crippen LogP contribution in [0.5, 0.6) is 0 Å². The molecule has 1 aliphatic heterocycles. The van der Waals surface area contributed by atoms with Gasteiger partial charge in [0.15, 0.2) is 0 Å². The Balaban J connectivity index is 1.89. The Morgan fingerprint density at radius 3 is 2.33 bits per heavy atom. The summed E-state index contributed by atoms with van der Waals surface area (Å²) in [5, 5.41) is 3.19. The van der Waals surface area contributed by atoms with Crippen LogP contribution in [0.15, 0.2) is 24.3 Å². The van der Waals surface area contributed by atoms with Crippen LogP contribution in [-0.2, 0) is 32.0 Å². The molecule has 1 aliphatic rings. The molecule has 0 radical (unpaired) electrons. The average molecular weight is 414 g/mol. The monoisotopic (exact) mass is 414 g/mol. The minimum absolute atomic E-state index is 0.231. The van der Waals surface area contributed by atoms with Crippen molar-refractivity contribution in [1.82, 2.24) is 4.57 Å². The zero-order valence-corrected chi connectivity index (χ0v) is 17.4. The molecule has 0 unspecified atom stereocenters. The fraction of sp³-hybridized carbons (Fsp3) is 0.409. The van der Waals surface area contributed by atoms with E-state index in [-0.39, 0.29) is 23.7 Å². The Hall–Kier alpha value is -3.29. The molecule has 3 rings (SSSR count). The number of rotatable bonds is 8. The van der Waals surface area contributed by atoms with E-state index in [9.17, 15) is 14.4 Å². The number of esters is 3. The predicted molar refractivity (Wildman–Crippen MR) is 111 cm³/mol. The van der Waals surface area contributed by atoms with Crippen molar-refractivity contribution < 1.29 is 28.6 Å². The highest BCUT2D eigenvalue weighted by atomic mass is 16.5. The van der Waals surface area contributed by atoms with Crippen LogP contribution in [0.25, 0.3) is 11.3 Å². The summed E-state index contributed by atoms with van der Waals surface area (Å²) in [6.07, 6.45) is 1.95. The van der Waals surface area contributed by atoms with E-state index >= 15 is 0 Å². The summed E-state index contributed by atoms with van der Waals surface area (Å²) in [7, 11) is 2.61. The van der Waals surface area contributed by atoms with Gasteiger partial charge in [0.25, 0.3) is 0 Å².